The summed E-state index contributed by atoms with van der Waals surface area (Å²) in [5.74, 6) is 1.34. The molecule has 0 radical (unpaired) electrons. The van der Waals surface area contributed by atoms with Crippen LogP contribution in [0.3, 0.4) is 0 Å². The fraction of sp³-hybridized carbons (Fsp3) is 0.368. The molecule has 0 bridgehead atoms. The standard InChI is InChI=1S/C19H26N4O2S.HI/c1-4-16-9-10-17(26-16)13-23-19(20-2)22-12-11-21-18(24)14-5-7-15(25-3)8-6-14;/h5-10H,4,11-13H2,1-3H3,(H,21,24)(H2,20,22,23);1H. The minimum Gasteiger partial charge on any atom is -0.497 e. The normalized spacial score (nSPS) is 10.7. The average molecular weight is 502 g/mol. The number of methoxy groups -OCH3 is 1. The number of hydrogen-bond donors (Lipinski definition) is 3. The first kappa shape index (κ1) is 23.2. The molecule has 1 aromatic heterocycles. The summed E-state index contributed by atoms with van der Waals surface area (Å²) in [7, 11) is 3.33. The molecule has 2 rings (SSSR count). The smallest absolute Gasteiger partial charge is 0.251 e. The van der Waals surface area contributed by atoms with Crippen molar-refractivity contribution in [2.75, 3.05) is 27.2 Å². The molecule has 0 saturated carbocycles. The zero-order valence-electron chi connectivity index (χ0n) is 15.9. The maximum absolute atomic E-state index is 12.1. The van der Waals surface area contributed by atoms with Crippen molar-refractivity contribution >= 4 is 47.2 Å². The minimum absolute atomic E-state index is 0. The van der Waals surface area contributed by atoms with Gasteiger partial charge in [-0.3, -0.25) is 9.79 Å². The first-order chi connectivity index (χ1) is 12.7. The van der Waals surface area contributed by atoms with Gasteiger partial charge in [0, 0.05) is 35.5 Å². The fourth-order valence-electron chi connectivity index (χ4n) is 2.30. The van der Waals surface area contributed by atoms with Gasteiger partial charge >= 0.3 is 0 Å². The van der Waals surface area contributed by atoms with E-state index in [1.54, 1.807) is 49.8 Å². The largest absolute Gasteiger partial charge is 0.497 e. The predicted molar refractivity (Wildman–Crippen MR) is 123 cm³/mol. The Labute approximate surface area is 181 Å². The zero-order valence-corrected chi connectivity index (χ0v) is 19.0. The number of carbonyl (C=O) groups is 1. The average Bonchev–Trinajstić information content (AvgIpc) is 3.15. The van der Waals surface area contributed by atoms with Crippen molar-refractivity contribution in [3.63, 3.8) is 0 Å². The Balaban J connectivity index is 0.00000364. The molecule has 0 unspecified atom stereocenters. The van der Waals surface area contributed by atoms with Crippen LogP contribution < -0.4 is 20.7 Å². The highest BCUT2D eigenvalue weighted by atomic mass is 127. The third kappa shape index (κ3) is 7.76. The lowest BCUT2D eigenvalue weighted by atomic mass is 10.2. The summed E-state index contributed by atoms with van der Waals surface area (Å²) >= 11 is 1.81. The third-order valence-electron chi connectivity index (χ3n) is 3.77. The highest BCUT2D eigenvalue weighted by molar-refractivity contribution is 14.0. The summed E-state index contributed by atoms with van der Waals surface area (Å²) in [4.78, 5) is 18.9. The molecule has 1 heterocycles. The van der Waals surface area contributed by atoms with E-state index in [9.17, 15) is 4.79 Å². The van der Waals surface area contributed by atoms with Gasteiger partial charge in [-0.1, -0.05) is 6.92 Å². The quantitative estimate of drug-likeness (QED) is 0.225. The van der Waals surface area contributed by atoms with E-state index >= 15 is 0 Å². The van der Waals surface area contributed by atoms with Crippen LogP contribution in [0, 0.1) is 0 Å². The van der Waals surface area contributed by atoms with E-state index in [2.05, 4.69) is 40.0 Å². The van der Waals surface area contributed by atoms with Gasteiger partial charge in [-0.15, -0.1) is 35.3 Å². The Morgan fingerprint density at radius 1 is 1.04 bits per heavy atom. The molecule has 0 spiro atoms. The van der Waals surface area contributed by atoms with Crippen molar-refractivity contribution in [2.24, 2.45) is 4.99 Å². The molecule has 1 amide bonds. The van der Waals surface area contributed by atoms with E-state index in [4.69, 9.17) is 4.74 Å². The Morgan fingerprint density at radius 3 is 2.30 bits per heavy atom. The van der Waals surface area contributed by atoms with Gasteiger partial charge in [0.1, 0.15) is 5.75 Å². The van der Waals surface area contributed by atoms with Gasteiger partial charge in [0.2, 0.25) is 0 Å². The predicted octanol–water partition coefficient (Wildman–Crippen LogP) is 3.03. The zero-order chi connectivity index (χ0) is 18.8. The molecule has 0 aliphatic carbocycles. The number of nitrogens with zero attached hydrogens (tertiary/aromatic N) is 1. The van der Waals surface area contributed by atoms with Crippen LogP contribution >= 0.6 is 35.3 Å². The molecule has 0 aliphatic rings. The van der Waals surface area contributed by atoms with Crippen molar-refractivity contribution in [3.8, 4) is 5.75 Å². The minimum atomic E-state index is -0.108. The topological polar surface area (TPSA) is 74.8 Å². The number of carbonyl (C=O) groups excluding carboxylic acids is 1. The number of halogens is 1. The number of amides is 1. The number of aryl methyl sites for hydroxylation is 1. The molecular weight excluding hydrogens is 475 g/mol. The van der Waals surface area contributed by atoms with Gasteiger partial charge in [-0.2, -0.15) is 0 Å². The Bertz CT molecular complexity index is 732. The van der Waals surface area contributed by atoms with Crippen molar-refractivity contribution in [1.29, 1.82) is 0 Å². The fourth-order valence-corrected chi connectivity index (χ4v) is 3.20. The van der Waals surface area contributed by atoms with Gasteiger partial charge in [-0.05, 0) is 42.8 Å². The Morgan fingerprint density at radius 2 is 1.70 bits per heavy atom. The molecule has 1 aromatic carbocycles. The van der Waals surface area contributed by atoms with E-state index in [0.29, 0.717) is 18.7 Å². The highest BCUT2D eigenvalue weighted by Crippen LogP contribution is 2.16. The second kappa shape index (κ2) is 12.6. The molecule has 148 valence electrons. The van der Waals surface area contributed by atoms with Gasteiger partial charge < -0.3 is 20.7 Å². The van der Waals surface area contributed by atoms with E-state index in [0.717, 1.165) is 24.7 Å². The number of aliphatic imine (C=N–C) groups is 1. The van der Waals surface area contributed by atoms with Crippen LogP contribution in [-0.2, 0) is 13.0 Å². The number of guanidine groups is 1. The molecule has 0 atom stereocenters. The summed E-state index contributed by atoms with van der Waals surface area (Å²) < 4.78 is 5.09. The molecule has 2 aromatic rings. The molecule has 3 N–H and O–H groups in total. The lowest BCUT2D eigenvalue weighted by molar-refractivity contribution is 0.0954. The van der Waals surface area contributed by atoms with Crippen molar-refractivity contribution in [1.82, 2.24) is 16.0 Å². The van der Waals surface area contributed by atoms with Crippen LogP contribution in [0.2, 0.25) is 0 Å². The molecule has 0 fully saturated rings. The van der Waals surface area contributed by atoms with Crippen molar-refractivity contribution in [2.45, 2.75) is 19.9 Å². The Hall–Kier alpha value is -1.81. The molecule has 0 saturated heterocycles. The summed E-state index contributed by atoms with van der Waals surface area (Å²) in [5, 5.41) is 9.35. The third-order valence-corrected chi connectivity index (χ3v) is 5.00. The van der Waals surface area contributed by atoms with E-state index < -0.39 is 0 Å². The molecule has 27 heavy (non-hydrogen) atoms. The first-order valence-electron chi connectivity index (χ1n) is 8.60. The SMILES string of the molecule is CCc1ccc(CNC(=NC)NCCNC(=O)c2ccc(OC)cc2)s1.I. The first-order valence-corrected chi connectivity index (χ1v) is 9.42. The van der Waals surface area contributed by atoms with E-state index in [1.807, 2.05) is 0 Å². The van der Waals surface area contributed by atoms with Crippen LogP contribution in [-0.4, -0.2) is 39.1 Å². The summed E-state index contributed by atoms with van der Waals surface area (Å²) in [6, 6.07) is 11.3. The van der Waals surface area contributed by atoms with E-state index in [-0.39, 0.29) is 29.9 Å². The molecule has 8 heteroatoms. The summed E-state index contributed by atoms with van der Waals surface area (Å²) in [5.41, 5.74) is 0.609. The number of nitrogens with one attached hydrogen (secondary N) is 3. The van der Waals surface area contributed by atoms with Gasteiger partial charge in [0.25, 0.3) is 5.91 Å². The highest BCUT2D eigenvalue weighted by Gasteiger charge is 2.05. The van der Waals surface area contributed by atoms with Gasteiger partial charge in [-0.25, -0.2) is 0 Å². The molecule has 6 nitrogen and oxygen atoms in total. The number of ether oxygens (including phenoxy) is 1. The molecule has 0 aliphatic heterocycles. The number of benzene rings is 1. The van der Waals surface area contributed by atoms with E-state index in [1.165, 1.54) is 9.75 Å². The van der Waals surface area contributed by atoms with Crippen LogP contribution in [0.25, 0.3) is 0 Å². The lowest BCUT2D eigenvalue weighted by Crippen LogP contribution is -2.41. The second-order valence-electron chi connectivity index (χ2n) is 5.56. The number of rotatable bonds is 8. The molecular formula is C19H27IN4O2S. The van der Waals surface area contributed by atoms with Crippen LogP contribution in [0.4, 0.5) is 0 Å². The second-order valence-corrected chi connectivity index (χ2v) is 6.81. The van der Waals surface area contributed by atoms with Crippen molar-refractivity contribution < 1.29 is 9.53 Å². The number of thiophene rings is 1. The monoisotopic (exact) mass is 502 g/mol. The summed E-state index contributed by atoms with van der Waals surface area (Å²) in [6.45, 7) is 3.99. The van der Waals surface area contributed by atoms with Crippen LogP contribution in [0.15, 0.2) is 41.4 Å². The number of hydrogen-bond acceptors (Lipinski definition) is 4. The van der Waals surface area contributed by atoms with Gasteiger partial charge in [0.15, 0.2) is 5.96 Å². The summed E-state index contributed by atoms with van der Waals surface area (Å²) in [6.07, 6.45) is 1.06. The van der Waals surface area contributed by atoms with Crippen LogP contribution in [0.1, 0.15) is 27.0 Å². The van der Waals surface area contributed by atoms with Crippen molar-refractivity contribution in [3.05, 3.63) is 51.7 Å². The maximum atomic E-state index is 12.1. The Kier molecular flexibility index (Phi) is 10.8. The maximum Gasteiger partial charge on any atom is 0.251 e. The lowest BCUT2D eigenvalue weighted by Gasteiger charge is -2.12. The van der Waals surface area contributed by atoms with Gasteiger partial charge in [0.05, 0.1) is 13.7 Å². The van der Waals surface area contributed by atoms with Crippen LogP contribution in [0.5, 0.6) is 5.75 Å².